The first-order chi connectivity index (χ1) is 16.5. The molecule has 2 saturated carbocycles. The third kappa shape index (κ3) is 5.39. The molecule has 0 saturated heterocycles. The predicted octanol–water partition coefficient (Wildman–Crippen LogP) is 3.51. The predicted molar refractivity (Wildman–Crippen MR) is 139 cm³/mol. The van der Waals surface area contributed by atoms with E-state index in [-0.39, 0.29) is 52.9 Å². The van der Waals surface area contributed by atoms with Crippen molar-refractivity contribution in [1.82, 2.24) is 9.97 Å². The van der Waals surface area contributed by atoms with Gasteiger partial charge in [0.2, 0.25) is 11.9 Å². The number of nitrogens with zero attached hydrogens (tertiary/aromatic N) is 3. The molecule has 1 aromatic heterocycles. The zero-order valence-electron chi connectivity index (χ0n) is 21.1. The summed E-state index contributed by atoms with van der Waals surface area (Å²) in [5.74, 6) is 1.24. The minimum atomic E-state index is -0.182. The van der Waals surface area contributed by atoms with Gasteiger partial charge in [-0.2, -0.15) is 4.98 Å². The Kier molecular flexibility index (Phi) is 6.96. The molecule has 1 heterocycles. The fraction of sp³-hybridized carbons (Fsp3) is 0.577. The zero-order valence-corrected chi connectivity index (χ0v) is 21.1. The number of aliphatic imine (C=N–C) groups is 1. The summed E-state index contributed by atoms with van der Waals surface area (Å²) in [6, 6.07) is 5.98. The van der Waals surface area contributed by atoms with Crippen LogP contribution >= 0.6 is 0 Å². The molecule has 6 N–H and O–H groups in total. The summed E-state index contributed by atoms with van der Waals surface area (Å²) in [6.45, 7) is 7.78. The zero-order chi connectivity index (χ0) is 25.3. The van der Waals surface area contributed by atoms with Crippen LogP contribution in [0.2, 0.25) is 0 Å². The van der Waals surface area contributed by atoms with E-state index in [1.165, 1.54) is 0 Å². The molecule has 0 bridgehead atoms. The first kappa shape index (κ1) is 24.9. The number of rotatable bonds is 7. The van der Waals surface area contributed by atoms with Gasteiger partial charge >= 0.3 is 0 Å². The smallest absolute Gasteiger partial charge is 0.231 e. The van der Waals surface area contributed by atoms with Gasteiger partial charge in [-0.25, -0.2) is 9.98 Å². The van der Waals surface area contributed by atoms with Gasteiger partial charge in [-0.15, -0.1) is 0 Å². The van der Waals surface area contributed by atoms with Crippen LogP contribution < -0.4 is 22.1 Å². The third-order valence-electron chi connectivity index (χ3n) is 7.86. The van der Waals surface area contributed by atoms with E-state index in [1.807, 2.05) is 25.1 Å². The second-order valence-corrected chi connectivity index (χ2v) is 10.7. The number of guanidine groups is 1. The molecule has 0 aliphatic heterocycles. The van der Waals surface area contributed by atoms with Crippen LogP contribution in [0, 0.1) is 24.2 Å². The molecule has 1 amide bonds. The normalized spacial score (nSPS) is 25.4. The monoisotopic (exact) mass is 479 g/mol. The van der Waals surface area contributed by atoms with Gasteiger partial charge in [-0.05, 0) is 56.6 Å². The number of ketones is 1. The van der Waals surface area contributed by atoms with E-state index in [4.69, 9.17) is 16.5 Å². The van der Waals surface area contributed by atoms with Crippen LogP contribution in [0.3, 0.4) is 0 Å². The fourth-order valence-corrected chi connectivity index (χ4v) is 5.66. The largest absolute Gasteiger partial charge is 0.370 e. The summed E-state index contributed by atoms with van der Waals surface area (Å²) < 4.78 is 0. The molecular weight excluding hydrogens is 442 g/mol. The first-order valence-corrected chi connectivity index (χ1v) is 12.5. The second-order valence-electron chi connectivity index (χ2n) is 10.7. The number of hydrogen-bond donors (Lipinski definition) is 4. The summed E-state index contributed by atoms with van der Waals surface area (Å²) in [6.07, 6.45) is 5.07. The Morgan fingerprint density at radius 1 is 1.17 bits per heavy atom. The highest BCUT2D eigenvalue weighted by Gasteiger charge is 2.50. The van der Waals surface area contributed by atoms with Crippen LogP contribution in [0.4, 0.5) is 11.8 Å². The first-order valence-electron chi connectivity index (χ1n) is 12.5. The number of anilines is 2. The lowest BCUT2D eigenvalue weighted by molar-refractivity contribution is -0.139. The Labute approximate surface area is 206 Å². The molecule has 188 valence electrons. The lowest BCUT2D eigenvalue weighted by Crippen LogP contribution is -2.49. The van der Waals surface area contributed by atoms with E-state index in [2.05, 4.69) is 34.5 Å². The Bertz CT molecular complexity index is 1160. The van der Waals surface area contributed by atoms with E-state index in [1.54, 1.807) is 6.92 Å². The van der Waals surface area contributed by atoms with Crippen molar-refractivity contribution in [3.8, 4) is 0 Å². The van der Waals surface area contributed by atoms with Gasteiger partial charge in [0.05, 0.1) is 17.6 Å². The molecule has 0 radical (unpaired) electrons. The number of aryl methyl sites for hydroxylation is 1. The van der Waals surface area contributed by atoms with Crippen molar-refractivity contribution in [3.63, 3.8) is 0 Å². The van der Waals surface area contributed by atoms with Crippen molar-refractivity contribution in [2.24, 2.45) is 33.7 Å². The summed E-state index contributed by atoms with van der Waals surface area (Å²) >= 11 is 0. The average Bonchev–Trinajstić information content (AvgIpc) is 2.77. The van der Waals surface area contributed by atoms with Gasteiger partial charge in [0.15, 0.2) is 5.96 Å². The number of carbonyl (C=O) groups is 2. The quantitative estimate of drug-likeness (QED) is 0.351. The number of amides is 1. The van der Waals surface area contributed by atoms with Gasteiger partial charge < -0.3 is 16.8 Å². The molecule has 2 aliphatic rings. The summed E-state index contributed by atoms with van der Waals surface area (Å²) in [5, 5.41) is 7.34. The Morgan fingerprint density at radius 3 is 2.60 bits per heavy atom. The number of carbonyl (C=O) groups excluding carboxylic acids is 2. The van der Waals surface area contributed by atoms with Gasteiger partial charge in [-0.3, -0.25) is 14.9 Å². The lowest BCUT2D eigenvalue weighted by Gasteiger charge is -2.51. The molecule has 2 aliphatic carbocycles. The molecule has 2 aromatic rings. The minimum Gasteiger partial charge on any atom is -0.370 e. The molecular formula is C26H37N7O2. The summed E-state index contributed by atoms with van der Waals surface area (Å²) in [7, 11) is 0. The highest BCUT2D eigenvalue weighted by atomic mass is 16.1. The van der Waals surface area contributed by atoms with E-state index in [0.717, 1.165) is 48.6 Å². The highest BCUT2D eigenvalue weighted by molar-refractivity contribution is 5.94. The number of nitrogens with two attached hydrogens (primary N) is 2. The number of benzene rings is 1. The van der Waals surface area contributed by atoms with Crippen LogP contribution in [0.1, 0.15) is 64.9 Å². The topological polar surface area (TPSA) is 148 Å². The third-order valence-corrected chi connectivity index (χ3v) is 7.86. The molecule has 2 fully saturated rings. The number of aromatic nitrogens is 2. The van der Waals surface area contributed by atoms with Crippen LogP contribution in [0.15, 0.2) is 23.2 Å². The SMILES string of the molecule is CC(=O)C1CC(CC(=O)Nc2nc(NC3CCCCC3N=C(N)N)c3cc(C)ccc3n2)C1(C)C. The van der Waals surface area contributed by atoms with E-state index in [0.29, 0.717) is 12.2 Å². The molecule has 0 spiro atoms. The molecule has 35 heavy (non-hydrogen) atoms. The van der Waals surface area contributed by atoms with Crippen LogP contribution in [-0.2, 0) is 9.59 Å². The van der Waals surface area contributed by atoms with E-state index < -0.39 is 0 Å². The fourth-order valence-electron chi connectivity index (χ4n) is 5.66. The van der Waals surface area contributed by atoms with Crippen molar-refractivity contribution in [2.75, 3.05) is 10.6 Å². The van der Waals surface area contributed by atoms with Gasteiger partial charge in [0.1, 0.15) is 11.6 Å². The minimum absolute atomic E-state index is 0.0184. The van der Waals surface area contributed by atoms with E-state index >= 15 is 0 Å². The number of Topliss-reactive ketones (excluding diaryl/α,β-unsaturated/α-hetero) is 1. The molecule has 4 rings (SSSR count). The molecule has 9 nitrogen and oxygen atoms in total. The number of hydrogen-bond acceptors (Lipinski definition) is 6. The van der Waals surface area contributed by atoms with Crippen LogP contribution in [0.5, 0.6) is 0 Å². The molecule has 9 heteroatoms. The van der Waals surface area contributed by atoms with Gasteiger partial charge in [0.25, 0.3) is 0 Å². The standard InChI is InChI=1S/C26H37N7O2/c1-14-9-10-19-17(11-14)23(29-20-7-5-6-8-21(20)30-24(27)28)33-25(31-19)32-22(35)13-16-12-18(15(2)34)26(16,3)4/h9-11,16,18,20-21H,5-8,12-13H2,1-4H3,(H4,27,28,30)(H2,29,31,32,33,35). The van der Waals surface area contributed by atoms with Crippen molar-refractivity contribution in [1.29, 1.82) is 0 Å². The second kappa shape index (κ2) is 9.79. The van der Waals surface area contributed by atoms with Crippen molar-refractivity contribution < 1.29 is 9.59 Å². The average molecular weight is 480 g/mol. The van der Waals surface area contributed by atoms with Gasteiger partial charge in [0, 0.05) is 17.7 Å². The number of nitrogens with one attached hydrogen (secondary N) is 2. The Hall–Kier alpha value is -3.23. The van der Waals surface area contributed by atoms with Crippen molar-refractivity contribution >= 4 is 40.3 Å². The Morgan fingerprint density at radius 2 is 1.91 bits per heavy atom. The van der Waals surface area contributed by atoms with E-state index in [9.17, 15) is 9.59 Å². The maximum Gasteiger partial charge on any atom is 0.231 e. The molecule has 4 atom stereocenters. The molecule has 4 unspecified atom stereocenters. The maximum absolute atomic E-state index is 12.9. The van der Waals surface area contributed by atoms with Crippen LogP contribution in [0.25, 0.3) is 10.9 Å². The lowest BCUT2D eigenvalue weighted by atomic mass is 9.52. The molecule has 1 aromatic carbocycles. The number of fused-ring (bicyclic) bond motifs is 1. The summed E-state index contributed by atoms with van der Waals surface area (Å²) in [4.78, 5) is 38.5. The van der Waals surface area contributed by atoms with Gasteiger partial charge in [-0.1, -0.05) is 38.3 Å². The highest BCUT2D eigenvalue weighted by Crippen LogP contribution is 2.53. The van der Waals surface area contributed by atoms with Crippen molar-refractivity contribution in [3.05, 3.63) is 23.8 Å². The van der Waals surface area contributed by atoms with Crippen LogP contribution in [-0.4, -0.2) is 39.7 Å². The summed E-state index contributed by atoms with van der Waals surface area (Å²) in [5.41, 5.74) is 13.0. The Balaban J connectivity index is 1.56. The maximum atomic E-state index is 12.9. The van der Waals surface area contributed by atoms with Crippen molar-refractivity contribution in [2.45, 2.75) is 78.3 Å².